The van der Waals surface area contributed by atoms with Crippen molar-refractivity contribution in [3.8, 4) is 5.75 Å². The van der Waals surface area contributed by atoms with Crippen molar-refractivity contribution >= 4 is 28.2 Å². The summed E-state index contributed by atoms with van der Waals surface area (Å²) in [6.07, 6.45) is 1.91. The number of rotatable bonds is 3. The van der Waals surface area contributed by atoms with E-state index in [0.29, 0.717) is 11.6 Å². The van der Waals surface area contributed by atoms with Gasteiger partial charge in [0.1, 0.15) is 5.75 Å². The van der Waals surface area contributed by atoms with E-state index in [2.05, 4.69) is 16.4 Å². The summed E-state index contributed by atoms with van der Waals surface area (Å²) in [6, 6.07) is 13.5. The van der Waals surface area contributed by atoms with Crippen LogP contribution >= 0.6 is 11.6 Å². The topological polar surface area (TPSA) is 48.0 Å². The summed E-state index contributed by atoms with van der Waals surface area (Å²) in [5, 5.41) is 14.6. The number of fused-ring (bicyclic) bond motifs is 1. The monoisotopic (exact) mass is 272 g/mol. The van der Waals surface area contributed by atoms with Crippen molar-refractivity contribution in [1.82, 2.24) is 4.98 Å². The molecule has 1 aromatic heterocycles. The van der Waals surface area contributed by atoms with Crippen LogP contribution < -0.4 is 5.32 Å². The summed E-state index contributed by atoms with van der Waals surface area (Å²) in [5.41, 5.74) is 2.89. The van der Waals surface area contributed by atoms with Crippen molar-refractivity contribution in [1.29, 1.82) is 0 Å². The highest BCUT2D eigenvalue weighted by Gasteiger charge is 2.05. The highest BCUT2D eigenvalue weighted by atomic mass is 35.5. The van der Waals surface area contributed by atoms with E-state index in [4.69, 9.17) is 11.6 Å². The SMILES string of the molecule is Oc1c(Cl)cccc1CNc1ccc2[nH]ccc2c1. The van der Waals surface area contributed by atoms with Crippen molar-refractivity contribution in [2.24, 2.45) is 0 Å². The fourth-order valence-electron chi connectivity index (χ4n) is 2.06. The quantitative estimate of drug-likeness (QED) is 0.671. The number of halogens is 1. The first-order valence-electron chi connectivity index (χ1n) is 6.01. The number of para-hydroxylation sites is 1. The van der Waals surface area contributed by atoms with E-state index in [9.17, 15) is 5.11 Å². The van der Waals surface area contributed by atoms with Gasteiger partial charge in [-0.15, -0.1) is 0 Å². The van der Waals surface area contributed by atoms with Gasteiger partial charge in [0.2, 0.25) is 0 Å². The number of aromatic amines is 1. The lowest BCUT2D eigenvalue weighted by Crippen LogP contribution is -1.99. The molecule has 0 aliphatic carbocycles. The lowest BCUT2D eigenvalue weighted by molar-refractivity contribution is 0.469. The average molecular weight is 273 g/mol. The lowest BCUT2D eigenvalue weighted by Gasteiger charge is -2.09. The smallest absolute Gasteiger partial charge is 0.139 e. The Morgan fingerprint density at radius 2 is 2.05 bits per heavy atom. The molecule has 96 valence electrons. The van der Waals surface area contributed by atoms with Gasteiger partial charge >= 0.3 is 0 Å². The molecule has 0 spiro atoms. The van der Waals surface area contributed by atoms with Gasteiger partial charge in [0.25, 0.3) is 0 Å². The van der Waals surface area contributed by atoms with Crippen LogP contribution in [0.2, 0.25) is 5.02 Å². The second kappa shape index (κ2) is 4.86. The second-order valence-corrected chi connectivity index (χ2v) is 4.79. The van der Waals surface area contributed by atoms with Crippen LogP contribution in [0.5, 0.6) is 5.75 Å². The number of benzene rings is 2. The average Bonchev–Trinajstić information content (AvgIpc) is 2.88. The predicted molar refractivity (Wildman–Crippen MR) is 78.7 cm³/mol. The third kappa shape index (κ3) is 2.37. The zero-order chi connectivity index (χ0) is 13.2. The minimum Gasteiger partial charge on any atom is -0.506 e. The van der Waals surface area contributed by atoms with Crippen molar-refractivity contribution in [3.05, 3.63) is 59.2 Å². The first-order chi connectivity index (χ1) is 9.24. The molecule has 19 heavy (non-hydrogen) atoms. The minimum absolute atomic E-state index is 0.138. The molecule has 0 atom stereocenters. The molecule has 3 N–H and O–H groups in total. The second-order valence-electron chi connectivity index (χ2n) is 4.38. The number of phenols is 1. The van der Waals surface area contributed by atoms with E-state index in [1.54, 1.807) is 6.07 Å². The molecule has 0 fully saturated rings. The Bertz CT molecular complexity index is 721. The maximum absolute atomic E-state index is 9.84. The van der Waals surface area contributed by atoms with Crippen molar-refractivity contribution in [3.63, 3.8) is 0 Å². The number of H-pyrrole nitrogens is 1. The van der Waals surface area contributed by atoms with Gasteiger partial charge in [-0.25, -0.2) is 0 Å². The summed E-state index contributed by atoms with van der Waals surface area (Å²) < 4.78 is 0. The van der Waals surface area contributed by atoms with Gasteiger partial charge in [-0.05, 0) is 30.3 Å². The molecule has 3 nitrogen and oxygen atoms in total. The van der Waals surface area contributed by atoms with Gasteiger partial charge < -0.3 is 15.4 Å². The fourth-order valence-corrected chi connectivity index (χ4v) is 2.26. The third-order valence-corrected chi connectivity index (χ3v) is 3.41. The van der Waals surface area contributed by atoms with Gasteiger partial charge in [0, 0.05) is 34.9 Å². The molecule has 3 rings (SSSR count). The van der Waals surface area contributed by atoms with Crippen LogP contribution in [0, 0.1) is 0 Å². The fraction of sp³-hybridized carbons (Fsp3) is 0.0667. The summed E-state index contributed by atoms with van der Waals surface area (Å²) in [6.45, 7) is 0.530. The van der Waals surface area contributed by atoms with Gasteiger partial charge in [-0.3, -0.25) is 0 Å². The Kier molecular flexibility index (Phi) is 3.05. The molecule has 0 saturated heterocycles. The largest absolute Gasteiger partial charge is 0.506 e. The van der Waals surface area contributed by atoms with Gasteiger partial charge in [-0.1, -0.05) is 23.7 Å². The van der Waals surface area contributed by atoms with Crippen LogP contribution in [0.25, 0.3) is 10.9 Å². The minimum atomic E-state index is 0.138. The Morgan fingerprint density at radius 1 is 1.16 bits per heavy atom. The zero-order valence-corrected chi connectivity index (χ0v) is 10.9. The van der Waals surface area contributed by atoms with Crippen LogP contribution in [-0.2, 0) is 6.54 Å². The molecule has 1 heterocycles. The Hall–Kier alpha value is -2.13. The van der Waals surface area contributed by atoms with Crippen molar-refractivity contribution in [2.75, 3.05) is 5.32 Å². The number of phenolic OH excluding ortho intramolecular Hbond substituents is 1. The van der Waals surface area contributed by atoms with Crippen LogP contribution in [0.3, 0.4) is 0 Å². The molecule has 0 aliphatic rings. The molecule has 2 aromatic carbocycles. The van der Waals surface area contributed by atoms with E-state index in [0.717, 1.165) is 22.2 Å². The van der Waals surface area contributed by atoms with Crippen molar-refractivity contribution in [2.45, 2.75) is 6.54 Å². The normalized spacial score (nSPS) is 10.8. The number of aromatic hydroxyl groups is 1. The maximum Gasteiger partial charge on any atom is 0.139 e. The molecule has 0 radical (unpaired) electrons. The van der Waals surface area contributed by atoms with Crippen LogP contribution in [0.15, 0.2) is 48.7 Å². The van der Waals surface area contributed by atoms with Crippen molar-refractivity contribution < 1.29 is 5.11 Å². The molecule has 0 saturated carbocycles. The number of nitrogens with one attached hydrogen (secondary N) is 2. The zero-order valence-electron chi connectivity index (χ0n) is 10.2. The number of aromatic nitrogens is 1. The maximum atomic E-state index is 9.84. The molecule has 0 aliphatic heterocycles. The highest BCUT2D eigenvalue weighted by Crippen LogP contribution is 2.27. The predicted octanol–water partition coefficient (Wildman–Crippen LogP) is 4.14. The standard InChI is InChI=1S/C15H13ClN2O/c16-13-3-1-2-11(15(13)19)9-18-12-4-5-14-10(8-12)6-7-17-14/h1-8,17-19H,9H2. The number of hydrogen-bond donors (Lipinski definition) is 3. The Labute approximate surface area is 115 Å². The van der Waals surface area contributed by atoms with Gasteiger partial charge in [-0.2, -0.15) is 0 Å². The number of hydrogen-bond acceptors (Lipinski definition) is 2. The Balaban J connectivity index is 1.80. The highest BCUT2D eigenvalue weighted by molar-refractivity contribution is 6.32. The number of anilines is 1. The Morgan fingerprint density at radius 3 is 2.95 bits per heavy atom. The lowest BCUT2D eigenvalue weighted by atomic mass is 10.2. The first-order valence-corrected chi connectivity index (χ1v) is 6.39. The van der Waals surface area contributed by atoms with Crippen LogP contribution in [0.4, 0.5) is 5.69 Å². The summed E-state index contributed by atoms with van der Waals surface area (Å²) in [5.74, 6) is 0.138. The van der Waals surface area contributed by atoms with E-state index in [-0.39, 0.29) is 5.75 Å². The molecule has 0 unspecified atom stereocenters. The van der Waals surface area contributed by atoms with E-state index < -0.39 is 0 Å². The first kappa shape index (κ1) is 11.9. The van der Waals surface area contributed by atoms with E-state index in [1.807, 2.05) is 36.5 Å². The van der Waals surface area contributed by atoms with Crippen LogP contribution in [0.1, 0.15) is 5.56 Å². The van der Waals surface area contributed by atoms with Crippen LogP contribution in [-0.4, -0.2) is 10.1 Å². The molecular formula is C15H13ClN2O. The molecule has 4 heteroatoms. The molecule has 0 amide bonds. The molecule has 3 aromatic rings. The van der Waals surface area contributed by atoms with E-state index in [1.165, 1.54) is 0 Å². The molecular weight excluding hydrogens is 260 g/mol. The summed E-state index contributed by atoms with van der Waals surface area (Å²) in [4.78, 5) is 3.15. The molecule has 0 bridgehead atoms. The summed E-state index contributed by atoms with van der Waals surface area (Å²) >= 11 is 5.88. The van der Waals surface area contributed by atoms with E-state index >= 15 is 0 Å². The van der Waals surface area contributed by atoms with Gasteiger partial charge in [0.15, 0.2) is 0 Å². The third-order valence-electron chi connectivity index (χ3n) is 3.11. The van der Waals surface area contributed by atoms with Gasteiger partial charge in [0.05, 0.1) is 5.02 Å². The summed E-state index contributed by atoms with van der Waals surface area (Å²) in [7, 11) is 0.